The van der Waals surface area contributed by atoms with Crippen LogP contribution in [0, 0.1) is 0 Å². The van der Waals surface area contributed by atoms with Gasteiger partial charge in [-0.2, -0.15) is 0 Å². The van der Waals surface area contributed by atoms with E-state index in [1.54, 1.807) is 6.26 Å². The highest BCUT2D eigenvalue weighted by atomic mass is 127. The number of hydrogen-bond acceptors (Lipinski definition) is 3. The van der Waals surface area contributed by atoms with Crippen LogP contribution in [0.2, 0.25) is 0 Å². The molecular formula is C14H25IN4O2. The van der Waals surface area contributed by atoms with Crippen LogP contribution >= 0.6 is 24.0 Å². The van der Waals surface area contributed by atoms with Crippen molar-refractivity contribution < 1.29 is 9.21 Å². The molecule has 0 atom stereocenters. The van der Waals surface area contributed by atoms with Gasteiger partial charge in [-0.3, -0.25) is 4.79 Å². The average Bonchev–Trinajstić information content (AvgIpc) is 2.95. The van der Waals surface area contributed by atoms with Crippen molar-refractivity contribution in [3.63, 3.8) is 0 Å². The Balaban J connectivity index is 0.00000400. The van der Waals surface area contributed by atoms with Gasteiger partial charge >= 0.3 is 0 Å². The predicted molar refractivity (Wildman–Crippen MR) is 94.9 cm³/mol. The van der Waals surface area contributed by atoms with E-state index >= 15 is 0 Å². The van der Waals surface area contributed by atoms with Crippen LogP contribution in [0.15, 0.2) is 27.8 Å². The number of nitrogens with zero attached hydrogens (tertiary/aromatic N) is 1. The molecule has 0 aliphatic carbocycles. The highest BCUT2D eigenvalue weighted by Gasteiger charge is 2.02. The molecule has 0 fully saturated rings. The highest BCUT2D eigenvalue weighted by molar-refractivity contribution is 14.0. The summed E-state index contributed by atoms with van der Waals surface area (Å²) in [6.45, 7) is 6.56. The Morgan fingerprint density at radius 1 is 1.24 bits per heavy atom. The molecule has 7 heteroatoms. The van der Waals surface area contributed by atoms with E-state index in [-0.39, 0.29) is 29.9 Å². The second-order valence-corrected chi connectivity index (χ2v) is 4.30. The van der Waals surface area contributed by atoms with Crippen molar-refractivity contribution in [2.75, 3.05) is 19.6 Å². The summed E-state index contributed by atoms with van der Waals surface area (Å²) < 4.78 is 5.22. The van der Waals surface area contributed by atoms with E-state index < -0.39 is 0 Å². The molecule has 1 amide bonds. The number of aliphatic imine (C=N–C) groups is 1. The lowest BCUT2D eigenvalue weighted by Crippen LogP contribution is -2.39. The monoisotopic (exact) mass is 408 g/mol. The van der Waals surface area contributed by atoms with Crippen LogP contribution in [0.1, 0.15) is 32.4 Å². The number of guanidine groups is 1. The maximum Gasteiger partial charge on any atom is 0.221 e. The van der Waals surface area contributed by atoms with Gasteiger partial charge < -0.3 is 20.4 Å². The third-order valence-corrected chi connectivity index (χ3v) is 2.53. The molecule has 21 heavy (non-hydrogen) atoms. The molecule has 6 nitrogen and oxygen atoms in total. The Morgan fingerprint density at radius 2 is 2.05 bits per heavy atom. The molecule has 0 aromatic carbocycles. The smallest absolute Gasteiger partial charge is 0.221 e. The fourth-order valence-corrected chi connectivity index (χ4v) is 1.55. The van der Waals surface area contributed by atoms with Gasteiger partial charge in [-0.1, -0.05) is 6.92 Å². The lowest BCUT2D eigenvalue weighted by Gasteiger charge is -2.10. The first-order chi connectivity index (χ1) is 9.76. The number of halogens is 1. The van der Waals surface area contributed by atoms with E-state index in [0.717, 1.165) is 25.3 Å². The number of carbonyl (C=O) groups is 1. The summed E-state index contributed by atoms with van der Waals surface area (Å²) in [6.07, 6.45) is 3.01. The Morgan fingerprint density at radius 3 is 2.67 bits per heavy atom. The summed E-state index contributed by atoms with van der Waals surface area (Å²) in [4.78, 5) is 15.8. The molecule has 0 radical (unpaired) electrons. The van der Waals surface area contributed by atoms with Crippen LogP contribution in [0.5, 0.6) is 0 Å². The van der Waals surface area contributed by atoms with Crippen LogP contribution in [0.4, 0.5) is 0 Å². The Kier molecular flexibility index (Phi) is 11.7. The summed E-state index contributed by atoms with van der Waals surface area (Å²) >= 11 is 0. The molecule has 0 saturated carbocycles. The van der Waals surface area contributed by atoms with Gasteiger partial charge in [-0.05, 0) is 25.5 Å². The second-order valence-electron chi connectivity index (χ2n) is 4.30. The Bertz CT molecular complexity index is 407. The van der Waals surface area contributed by atoms with E-state index in [1.807, 2.05) is 26.0 Å². The first-order valence-corrected chi connectivity index (χ1v) is 7.07. The number of rotatable bonds is 8. The molecule has 0 unspecified atom stereocenters. The number of carbonyl (C=O) groups excluding carboxylic acids is 1. The number of amides is 1. The minimum atomic E-state index is 0. The fourth-order valence-electron chi connectivity index (χ4n) is 1.55. The maximum atomic E-state index is 11.5. The average molecular weight is 408 g/mol. The standard InChI is InChI=1S/C14H24N4O2.HI/c1-3-8-16-13(19)7-9-17-14(15-4-2)18-11-12-6-5-10-20-12;/h5-6,10H,3-4,7-9,11H2,1-2H3,(H,16,19)(H2,15,17,18);1H. The zero-order valence-corrected chi connectivity index (χ0v) is 15.0. The molecule has 0 spiro atoms. The first-order valence-electron chi connectivity index (χ1n) is 7.07. The fraction of sp³-hybridized carbons (Fsp3) is 0.571. The molecule has 0 aliphatic heterocycles. The summed E-state index contributed by atoms with van der Waals surface area (Å²) in [5.74, 6) is 1.55. The second kappa shape index (κ2) is 12.5. The third-order valence-electron chi connectivity index (χ3n) is 2.53. The molecule has 0 bridgehead atoms. The summed E-state index contributed by atoms with van der Waals surface area (Å²) in [6, 6.07) is 3.72. The lowest BCUT2D eigenvalue weighted by atomic mass is 10.4. The normalized spacial score (nSPS) is 10.7. The van der Waals surface area contributed by atoms with Crippen LogP contribution in [0.3, 0.4) is 0 Å². The third kappa shape index (κ3) is 9.33. The molecule has 1 aromatic heterocycles. The zero-order valence-electron chi connectivity index (χ0n) is 12.6. The van der Waals surface area contributed by atoms with E-state index in [0.29, 0.717) is 25.5 Å². The van der Waals surface area contributed by atoms with Crippen molar-refractivity contribution in [2.24, 2.45) is 4.99 Å². The predicted octanol–water partition coefficient (Wildman–Crippen LogP) is 1.87. The van der Waals surface area contributed by atoms with Gasteiger partial charge in [0.15, 0.2) is 5.96 Å². The van der Waals surface area contributed by atoms with E-state index in [1.165, 1.54) is 0 Å². The summed E-state index contributed by atoms with van der Waals surface area (Å²) in [5.41, 5.74) is 0. The van der Waals surface area contributed by atoms with Gasteiger partial charge in [-0.25, -0.2) is 4.99 Å². The van der Waals surface area contributed by atoms with E-state index in [9.17, 15) is 4.79 Å². The number of nitrogens with one attached hydrogen (secondary N) is 3. The minimum absolute atomic E-state index is 0. The van der Waals surface area contributed by atoms with Crippen molar-refractivity contribution >= 4 is 35.8 Å². The largest absolute Gasteiger partial charge is 0.467 e. The topological polar surface area (TPSA) is 78.7 Å². The maximum absolute atomic E-state index is 11.5. The van der Waals surface area contributed by atoms with Crippen molar-refractivity contribution in [3.05, 3.63) is 24.2 Å². The van der Waals surface area contributed by atoms with Gasteiger partial charge in [0, 0.05) is 26.1 Å². The first kappa shape index (κ1) is 19.8. The summed E-state index contributed by atoms with van der Waals surface area (Å²) in [7, 11) is 0. The zero-order chi connectivity index (χ0) is 14.6. The molecule has 120 valence electrons. The molecule has 1 aromatic rings. The Hall–Kier alpha value is -1.25. The molecule has 0 aliphatic rings. The molecule has 0 saturated heterocycles. The van der Waals surface area contributed by atoms with E-state index in [4.69, 9.17) is 4.42 Å². The van der Waals surface area contributed by atoms with Crippen LogP contribution < -0.4 is 16.0 Å². The SMILES string of the molecule is CCCNC(=O)CCNC(=NCc1ccco1)NCC.I. The van der Waals surface area contributed by atoms with Gasteiger partial charge in [0.05, 0.1) is 6.26 Å². The van der Waals surface area contributed by atoms with Crippen molar-refractivity contribution in [1.82, 2.24) is 16.0 Å². The minimum Gasteiger partial charge on any atom is -0.467 e. The van der Waals surface area contributed by atoms with E-state index in [2.05, 4.69) is 20.9 Å². The van der Waals surface area contributed by atoms with Crippen LogP contribution in [0.25, 0.3) is 0 Å². The van der Waals surface area contributed by atoms with Crippen molar-refractivity contribution in [1.29, 1.82) is 0 Å². The molecule has 3 N–H and O–H groups in total. The molecule has 1 heterocycles. The van der Waals surface area contributed by atoms with Gasteiger partial charge in [0.25, 0.3) is 0 Å². The van der Waals surface area contributed by atoms with Crippen LogP contribution in [-0.2, 0) is 11.3 Å². The molecular weight excluding hydrogens is 383 g/mol. The van der Waals surface area contributed by atoms with Crippen LogP contribution in [-0.4, -0.2) is 31.5 Å². The Labute approximate surface area is 143 Å². The lowest BCUT2D eigenvalue weighted by molar-refractivity contribution is -0.120. The summed E-state index contributed by atoms with van der Waals surface area (Å²) in [5, 5.41) is 9.09. The molecule has 1 rings (SSSR count). The van der Waals surface area contributed by atoms with Gasteiger partial charge in [-0.15, -0.1) is 24.0 Å². The van der Waals surface area contributed by atoms with Gasteiger partial charge in [0.1, 0.15) is 12.3 Å². The highest BCUT2D eigenvalue weighted by Crippen LogP contribution is 2.00. The van der Waals surface area contributed by atoms with Gasteiger partial charge in [0.2, 0.25) is 5.91 Å². The van der Waals surface area contributed by atoms with Crippen molar-refractivity contribution in [2.45, 2.75) is 33.2 Å². The number of furan rings is 1. The number of hydrogen-bond donors (Lipinski definition) is 3. The quantitative estimate of drug-likeness (QED) is 0.349. The van der Waals surface area contributed by atoms with Crippen molar-refractivity contribution in [3.8, 4) is 0 Å².